The van der Waals surface area contributed by atoms with E-state index in [-0.39, 0.29) is 31.4 Å². The molecule has 0 bridgehead atoms. The molecule has 14 heteroatoms. The molecule has 1 aromatic rings. The lowest BCUT2D eigenvalue weighted by atomic mass is 10.0. The number of amides is 4. The zero-order valence-electron chi connectivity index (χ0n) is 21.3. The highest BCUT2D eigenvalue weighted by molar-refractivity contribution is 5.94. The van der Waals surface area contributed by atoms with E-state index in [1.807, 2.05) is 0 Å². The minimum atomic E-state index is -1.39. The van der Waals surface area contributed by atoms with E-state index in [1.165, 1.54) is 31.2 Å². The number of hydrogen-bond acceptors (Lipinski definition) is 9. The zero-order valence-corrected chi connectivity index (χ0v) is 21.3. The predicted octanol–water partition coefficient (Wildman–Crippen LogP) is -2.42. The Morgan fingerprint density at radius 3 is 1.89 bits per heavy atom. The van der Waals surface area contributed by atoms with Crippen LogP contribution in [0.5, 0.6) is 5.75 Å². The van der Waals surface area contributed by atoms with E-state index in [4.69, 9.17) is 17.2 Å². The topological polar surface area (TPSA) is 260 Å². The molecule has 0 aliphatic heterocycles. The van der Waals surface area contributed by atoms with Gasteiger partial charge in [0, 0.05) is 12.8 Å². The van der Waals surface area contributed by atoms with Crippen molar-refractivity contribution in [1.29, 1.82) is 0 Å². The number of aliphatic carboxylic acids is 1. The number of hydrogen-bond donors (Lipinski definition) is 9. The molecule has 38 heavy (non-hydrogen) atoms. The lowest BCUT2D eigenvalue weighted by Crippen LogP contribution is -2.58. The Hall–Kier alpha value is -3.75. The summed E-state index contributed by atoms with van der Waals surface area (Å²) in [6.45, 7) is 1.66. The van der Waals surface area contributed by atoms with Gasteiger partial charge in [0.15, 0.2) is 0 Å². The number of unbranched alkanes of at least 4 members (excludes halogenated alkanes) is 1. The molecule has 0 saturated carbocycles. The molecule has 0 spiro atoms. The number of nitrogens with two attached hydrogens (primary N) is 3. The molecule has 0 heterocycles. The summed E-state index contributed by atoms with van der Waals surface area (Å²) >= 11 is 0. The maximum absolute atomic E-state index is 13.1. The average Bonchev–Trinajstić information content (AvgIpc) is 2.85. The lowest BCUT2D eigenvalue weighted by molar-refractivity contribution is -0.142. The van der Waals surface area contributed by atoms with Gasteiger partial charge in [-0.2, -0.15) is 0 Å². The molecule has 14 nitrogen and oxygen atoms in total. The Morgan fingerprint density at radius 1 is 0.868 bits per heavy atom. The number of carbonyl (C=O) groups excluding carboxylic acids is 4. The van der Waals surface area contributed by atoms with Crippen LogP contribution in [0.4, 0.5) is 0 Å². The van der Waals surface area contributed by atoms with E-state index in [2.05, 4.69) is 16.0 Å². The van der Waals surface area contributed by atoms with Crippen LogP contribution in [0.3, 0.4) is 0 Å². The van der Waals surface area contributed by atoms with Crippen molar-refractivity contribution in [3.8, 4) is 5.75 Å². The minimum Gasteiger partial charge on any atom is -0.508 e. The van der Waals surface area contributed by atoms with E-state index in [9.17, 15) is 39.3 Å². The van der Waals surface area contributed by atoms with Gasteiger partial charge in [0.25, 0.3) is 0 Å². The predicted molar refractivity (Wildman–Crippen MR) is 136 cm³/mol. The van der Waals surface area contributed by atoms with Gasteiger partial charge in [-0.3, -0.25) is 19.2 Å². The number of aromatic hydroxyl groups is 1. The van der Waals surface area contributed by atoms with Gasteiger partial charge in [-0.25, -0.2) is 4.79 Å². The van der Waals surface area contributed by atoms with Crippen molar-refractivity contribution in [2.75, 3.05) is 6.54 Å². The summed E-state index contributed by atoms with van der Waals surface area (Å²) < 4.78 is 0. The summed E-state index contributed by atoms with van der Waals surface area (Å²) in [4.78, 5) is 61.6. The van der Waals surface area contributed by atoms with Gasteiger partial charge in [0.2, 0.25) is 23.6 Å². The molecule has 0 aromatic heterocycles. The average molecular weight is 539 g/mol. The SMILES string of the molecule is CC(O)C(N)C(=O)NC(CCCCN)C(=O)NC(CCC(N)=O)C(=O)NC(Cc1ccc(O)cc1)C(=O)O. The molecule has 0 aliphatic rings. The monoisotopic (exact) mass is 538 g/mol. The third-order valence-electron chi connectivity index (χ3n) is 5.71. The largest absolute Gasteiger partial charge is 0.508 e. The summed E-state index contributed by atoms with van der Waals surface area (Å²) in [6, 6.07) is 0.551. The number of carboxylic acids is 1. The molecule has 0 radical (unpaired) electrons. The number of rotatable bonds is 17. The fourth-order valence-corrected chi connectivity index (χ4v) is 3.42. The Morgan fingerprint density at radius 2 is 1.39 bits per heavy atom. The molecular formula is C24H38N6O8. The van der Waals surface area contributed by atoms with Gasteiger partial charge in [-0.15, -0.1) is 0 Å². The molecule has 0 saturated heterocycles. The quantitative estimate of drug-likeness (QED) is 0.0947. The van der Waals surface area contributed by atoms with E-state index in [0.29, 0.717) is 24.9 Å². The molecule has 4 amide bonds. The fourth-order valence-electron chi connectivity index (χ4n) is 3.42. The Labute approximate surface area is 220 Å². The second kappa shape index (κ2) is 16.2. The maximum Gasteiger partial charge on any atom is 0.326 e. The van der Waals surface area contributed by atoms with Crippen LogP contribution in [0.15, 0.2) is 24.3 Å². The van der Waals surface area contributed by atoms with Crippen LogP contribution in [0, 0.1) is 0 Å². The number of aliphatic hydroxyl groups excluding tert-OH is 1. The number of benzene rings is 1. The molecule has 0 fully saturated rings. The lowest BCUT2D eigenvalue weighted by Gasteiger charge is -2.25. The minimum absolute atomic E-state index is 0.0126. The van der Waals surface area contributed by atoms with Crippen molar-refractivity contribution in [3.05, 3.63) is 29.8 Å². The molecule has 5 unspecified atom stereocenters. The van der Waals surface area contributed by atoms with Crippen molar-refractivity contribution < 1.29 is 39.3 Å². The first kappa shape index (κ1) is 32.3. The van der Waals surface area contributed by atoms with Crippen LogP contribution < -0.4 is 33.2 Å². The summed E-state index contributed by atoms with van der Waals surface area (Å²) in [5.41, 5.74) is 16.9. The van der Waals surface area contributed by atoms with E-state index < -0.39 is 59.9 Å². The first-order chi connectivity index (χ1) is 17.8. The maximum atomic E-state index is 13.1. The first-order valence-electron chi connectivity index (χ1n) is 12.2. The summed E-state index contributed by atoms with van der Waals surface area (Å²) in [7, 11) is 0. The molecule has 12 N–H and O–H groups in total. The van der Waals surface area contributed by atoms with Crippen molar-refractivity contribution >= 4 is 29.6 Å². The second-order valence-electron chi connectivity index (χ2n) is 8.95. The standard InChI is InChI=1S/C24H38N6O8/c1-13(31)20(27)23(36)29-16(4-2-3-11-25)21(34)28-17(9-10-19(26)33)22(35)30-18(24(37)38)12-14-5-7-15(32)8-6-14/h5-8,13,16-18,20,31-32H,2-4,9-12,25,27H2,1H3,(H2,26,33)(H,28,34)(H,29,36)(H,30,35)(H,37,38). The van der Waals surface area contributed by atoms with Gasteiger partial charge in [-0.1, -0.05) is 12.1 Å². The number of carboxylic acid groups (broad SMARTS) is 1. The van der Waals surface area contributed by atoms with Crippen molar-refractivity contribution in [2.24, 2.45) is 17.2 Å². The van der Waals surface area contributed by atoms with Crippen LogP contribution in [0.1, 0.15) is 44.6 Å². The molecule has 1 rings (SSSR count). The third kappa shape index (κ3) is 11.5. The number of phenols is 1. The second-order valence-corrected chi connectivity index (χ2v) is 8.95. The molecular weight excluding hydrogens is 500 g/mol. The summed E-state index contributed by atoms with van der Waals surface area (Å²) in [5.74, 6) is -4.54. The van der Waals surface area contributed by atoms with Crippen molar-refractivity contribution in [3.63, 3.8) is 0 Å². The first-order valence-corrected chi connectivity index (χ1v) is 12.2. The van der Waals surface area contributed by atoms with Crippen LogP contribution in [-0.2, 0) is 30.4 Å². The van der Waals surface area contributed by atoms with Crippen LogP contribution in [0.2, 0.25) is 0 Å². The van der Waals surface area contributed by atoms with E-state index in [0.717, 1.165) is 0 Å². The van der Waals surface area contributed by atoms with Crippen LogP contribution in [-0.4, -0.2) is 81.7 Å². The van der Waals surface area contributed by atoms with Gasteiger partial charge in [0.05, 0.1) is 6.10 Å². The van der Waals surface area contributed by atoms with Crippen molar-refractivity contribution in [2.45, 2.75) is 75.7 Å². The highest BCUT2D eigenvalue weighted by Crippen LogP contribution is 2.12. The molecule has 212 valence electrons. The number of carbonyl (C=O) groups is 5. The highest BCUT2D eigenvalue weighted by Gasteiger charge is 2.31. The van der Waals surface area contributed by atoms with Crippen molar-refractivity contribution in [1.82, 2.24) is 16.0 Å². The van der Waals surface area contributed by atoms with E-state index in [1.54, 1.807) is 0 Å². The number of phenolic OH excluding ortho intramolecular Hbond substituents is 1. The highest BCUT2D eigenvalue weighted by atomic mass is 16.4. The fraction of sp³-hybridized carbons (Fsp3) is 0.542. The Bertz CT molecular complexity index is 956. The van der Waals surface area contributed by atoms with E-state index >= 15 is 0 Å². The third-order valence-corrected chi connectivity index (χ3v) is 5.71. The Kier molecular flexibility index (Phi) is 13.7. The van der Waals surface area contributed by atoms with Gasteiger partial charge in [0.1, 0.15) is 29.9 Å². The number of aliphatic hydroxyl groups is 1. The summed E-state index contributed by atoms with van der Waals surface area (Å²) in [5, 5.41) is 35.9. The normalized spacial score (nSPS) is 14.8. The number of primary amides is 1. The zero-order chi connectivity index (χ0) is 28.8. The summed E-state index contributed by atoms with van der Waals surface area (Å²) in [6.07, 6.45) is -0.675. The van der Waals surface area contributed by atoms with Crippen LogP contribution in [0.25, 0.3) is 0 Å². The van der Waals surface area contributed by atoms with Gasteiger partial charge < -0.3 is 48.5 Å². The number of nitrogens with one attached hydrogen (secondary N) is 3. The Balaban J connectivity index is 3.05. The smallest absolute Gasteiger partial charge is 0.326 e. The molecule has 5 atom stereocenters. The van der Waals surface area contributed by atoms with Crippen LogP contribution >= 0.6 is 0 Å². The molecule has 1 aromatic carbocycles. The van der Waals surface area contributed by atoms with Gasteiger partial charge >= 0.3 is 5.97 Å². The van der Waals surface area contributed by atoms with Gasteiger partial charge in [-0.05, 0) is 56.8 Å². The molecule has 0 aliphatic carbocycles.